The molecular formula is C13H14FN3O3. The van der Waals surface area contributed by atoms with Gasteiger partial charge in [-0.05, 0) is 30.2 Å². The molecule has 0 saturated carbocycles. The van der Waals surface area contributed by atoms with Gasteiger partial charge in [0.2, 0.25) is 5.91 Å². The summed E-state index contributed by atoms with van der Waals surface area (Å²) in [6.07, 6.45) is 1.85. The van der Waals surface area contributed by atoms with Crippen LogP contribution in [0.2, 0.25) is 0 Å². The lowest BCUT2D eigenvalue weighted by Gasteiger charge is -2.10. The number of carbonyl (C=O) groups excluding carboxylic acids is 1. The Morgan fingerprint density at radius 3 is 2.90 bits per heavy atom. The number of hydrogen-bond acceptors (Lipinski definition) is 3. The first-order valence-electron chi connectivity index (χ1n) is 5.98. The smallest absolute Gasteiger partial charge is 0.322 e. The fourth-order valence-electron chi connectivity index (χ4n) is 1.94. The summed E-state index contributed by atoms with van der Waals surface area (Å²) in [6.45, 7) is -0.477. The van der Waals surface area contributed by atoms with Gasteiger partial charge < -0.3 is 21.1 Å². The molecule has 0 aliphatic carbocycles. The number of nitrogens with one attached hydrogen (secondary N) is 2. The van der Waals surface area contributed by atoms with Gasteiger partial charge in [-0.25, -0.2) is 4.39 Å². The van der Waals surface area contributed by atoms with Gasteiger partial charge in [0.05, 0.1) is 6.04 Å². The second-order valence-corrected chi connectivity index (χ2v) is 4.43. The molecule has 0 bridgehead atoms. The third-order valence-electron chi connectivity index (χ3n) is 2.92. The van der Waals surface area contributed by atoms with Crippen LogP contribution in [-0.4, -0.2) is 34.6 Å². The fourth-order valence-corrected chi connectivity index (χ4v) is 1.94. The van der Waals surface area contributed by atoms with Gasteiger partial charge in [0.25, 0.3) is 0 Å². The number of amides is 1. The van der Waals surface area contributed by atoms with Gasteiger partial charge in [0.1, 0.15) is 12.4 Å². The molecule has 2 aromatic rings. The standard InChI is InChI=1S/C13H14FN3O3/c14-8-1-2-11-9(4-8)7(5-16-11)3-10(15)13(20)17-6-12(18)19/h1-2,4-5,10,16H,3,6,15H2,(H,17,20)(H,18,19). The highest BCUT2D eigenvalue weighted by Gasteiger charge is 2.16. The maximum atomic E-state index is 13.2. The number of aromatic amines is 1. The summed E-state index contributed by atoms with van der Waals surface area (Å²) < 4.78 is 13.2. The Balaban J connectivity index is 2.09. The lowest BCUT2D eigenvalue weighted by Crippen LogP contribution is -2.43. The van der Waals surface area contributed by atoms with Gasteiger partial charge in [0.15, 0.2) is 0 Å². The minimum atomic E-state index is -1.14. The van der Waals surface area contributed by atoms with Crippen LogP contribution in [0.25, 0.3) is 10.9 Å². The number of nitrogens with two attached hydrogens (primary N) is 1. The van der Waals surface area contributed by atoms with Gasteiger partial charge >= 0.3 is 5.97 Å². The maximum Gasteiger partial charge on any atom is 0.322 e. The summed E-state index contributed by atoms with van der Waals surface area (Å²) in [6, 6.07) is 3.41. The van der Waals surface area contributed by atoms with Crippen LogP contribution >= 0.6 is 0 Å². The molecule has 2 rings (SSSR count). The summed E-state index contributed by atoms with van der Waals surface area (Å²) in [4.78, 5) is 24.9. The Labute approximate surface area is 113 Å². The van der Waals surface area contributed by atoms with Crippen molar-refractivity contribution >= 4 is 22.8 Å². The largest absolute Gasteiger partial charge is 0.480 e. The third kappa shape index (κ3) is 3.12. The predicted octanol–water partition coefficient (Wildman–Crippen LogP) is 0.378. The topological polar surface area (TPSA) is 108 Å². The molecule has 0 saturated heterocycles. The zero-order valence-electron chi connectivity index (χ0n) is 10.5. The van der Waals surface area contributed by atoms with Crippen molar-refractivity contribution in [2.45, 2.75) is 12.5 Å². The van der Waals surface area contributed by atoms with Crippen LogP contribution in [0, 0.1) is 5.82 Å². The number of aliphatic carboxylic acids is 1. The molecule has 0 radical (unpaired) electrons. The molecule has 0 spiro atoms. The lowest BCUT2D eigenvalue weighted by atomic mass is 10.0. The number of H-pyrrole nitrogens is 1. The normalized spacial score (nSPS) is 12.3. The van der Waals surface area contributed by atoms with Gasteiger partial charge in [-0.3, -0.25) is 9.59 Å². The maximum absolute atomic E-state index is 13.2. The second kappa shape index (κ2) is 5.70. The highest BCUT2D eigenvalue weighted by atomic mass is 19.1. The van der Waals surface area contributed by atoms with Crippen LogP contribution in [0.4, 0.5) is 4.39 Å². The van der Waals surface area contributed by atoms with Gasteiger partial charge in [-0.1, -0.05) is 0 Å². The Hall–Kier alpha value is -2.41. The summed E-state index contributed by atoms with van der Waals surface area (Å²) in [7, 11) is 0. The molecule has 20 heavy (non-hydrogen) atoms. The predicted molar refractivity (Wildman–Crippen MR) is 70.6 cm³/mol. The first-order valence-corrected chi connectivity index (χ1v) is 5.98. The van der Waals surface area contributed by atoms with Crippen LogP contribution in [0.1, 0.15) is 5.56 Å². The number of fused-ring (bicyclic) bond motifs is 1. The van der Waals surface area contributed by atoms with Crippen LogP contribution in [-0.2, 0) is 16.0 Å². The molecule has 0 aliphatic rings. The highest BCUT2D eigenvalue weighted by molar-refractivity contribution is 5.87. The summed E-state index contributed by atoms with van der Waals surface area (Å²) >= 11 is 0. The molecule has 1 heterocycles. The monoisotopic (exact) mass is 279 g/mol. The van der Waals surface area contributed by atoms with E-state index in [1.165, 1.54) is 12.1 Å². The van der Waals surface area contributed by atoms with E-state index in [0.717, 1.165) is 5.52 Å². The molecule has 1 aromatic carbocycles. The van der Waals surface area contributed by atoms with Crippen molar-refractivity contribution in [3.8, 4) is 0 Å². The number of rotatable bonds is 5. The summed E-state index contributed by atoms with van der Waals surface area (Å²) in [5.74, 6) is -2.07. The second-order valence-electron chi connectivity index (χ2n) is 4.43. The van der Waals surface area contributed by atoms with Crippen molar-refractivity contribution in [3.63, 3.8) is 0 Å². The SMILES string of the molecule is NC(Cc1c[nH]c2ccc(F)cc12)C(=O)NCC(=O)O. The summed E-state index contributed by atoms with van der Waals surface area (Å²) in [5, 5.41) is 11.3. The number of aromatic nitrogens is 1. The minimum absolute atomic E-state index is 0.189. The Kier molecular flexibility index (Phi) is 3.99. The average Bonchev–Trinajstić information content (AvgIpc) is 2.78. The average molecular weight is 279 g/mol. The molecule has 0 fully saturated rings. The van der Waals surface area contributed by atoms with E-state index in [9.17, 15) is 14.0 Å². The van der Waals surface area contributed by atoms with Crippen molar-refractivity contribution in [1.29, 1.82) is 0 Å². The number of carboxylic acids is 1. The van der Waals surface area contributed by atoms with Crippen LogP contribution < -0.4 is 11.1 Å². The molecule has 1 amide bonds. The molecule has 1 aromatic heterocycles. The van der Waals surface area contributed by atoms with E-state index in [1.807, 2.05) is 0 Å². The van der Waals surface area contributed by atoms with Gasteiger partial charge in [0, 0.05) is 17.1 Å². The number of carbonyl (C=O) groups is 2. The van der Waals surface area contributed by atoms with Crippen molar-refractivity contribution in [2.75, 3.05) is 6.54 Å². The van der Waals surface area contributed by atoms with Crippen molar-refractivity contribution in [3.05, 3.63) is 35.8 Å². The third-order valence-corrected chi connectivity index (χ3v) is 2.92. The van der Waals surface area contributed by atoms with Gasteiger partial charge in [-0.15, -0.1) is 0 Å². The first kappa shape index (κ1) is 14.0. The molecule has 1 atom stereocenters. The number of benzene rings is 1. The van der Waals surface area contributed by atoms with Crippen molar-refractivity contribution in [1.82, 2.24) is 10.3 Å². The molecular weight excluding hydrogens is 265 g/mol. The summed E-state index contributed by atoms with van der Waals surface area (Å²) in [5.41, 5.74) is 7.17. The Morgan fingerprint density at radius 1 is 1.45 bits per heavy atom. The molecule has 6 nitrogen and oxygen atoms in total. The van der Waals surface area contributed by atoms with E-state index in [-0.39, 0.29) is 12.2 Å². The molecule has 1 unspecified atom stereocenters. The van der Waals surface area contributed by atoms with Crippen molar-refractivity contribution in [2.24, 2.45) is 5.73 Å². The van der Waals surface area contributed by atoms with E-state index in [2.05, 4.69) is 10.3 Å². The zero-order chi connectivity index (χ0) is 14.7. The van der Waals surface area contributed by atoms with Crippen LogP contribution in [0.3, 0.4) is 0 Å². The lowest BCUT2D eigenvalue weighted by molar-refractivity contribution is -0.138. The van der Waals surface area contributed by atoms with E-state index in [0.29, 0.717) is 10.9 Å². The number of carboxylic acid groups (broad SMARTS) is 1. The molecule has 0 aliphatic heterocycles. The minimum Gasteiger partial charge on any atom is -0.480 e. The number of hydrogen-bond donors (Lipinski definition) is 4. The Morgan fingerprint density at radius 2 is 2.20 bits per heavy atom. The van der Waals surface area contributed by atoms with E-state index in [4.69, 9.17) is 10.8 Å². The van der Waals surface area contributed by atoms with E-state index >= 15 is 0 Å². The number of halogens is 1. The zero-order valence-corrected chi connectivity index (χ0v) is 10.5. The van der Waals surface area contributed by atoms with E-state index < -0.39 is 24.5 Å². The molecule has 5 N–H and O–H groups in total. The first-order chi connectivity index (χ1) is 9.47. The van der Waals surface area contributed by atoms with Gasteiger partial charge in [-0.2, -0.15) is 0 Å². The Bertz CT molecular complexity index is 653. The molecule has 7 heteroatoms. The van der Waals surface area contributed by atoms with Crippen molar-refractivity contribution < 1.29 is 19.1 Å². The van der Waals surface area contributed by atoms with E-state index in [1.54, 1.807) is 12.3 Å². The quantitative estimate of drug-likeness (QED) is 0.634. The van der Waals surface area contributed by atoms with Crippen LogP contribution in [0.15, 0.2) is 24.4 Å². The highest BCUT2D eigenvalue weighted by Crippen LogP contribution is 2.20. The van der Waals surface area contributed by atoms with Crippen LogP contribution in [0.5, 0.6) is 0 Å². The molecule has 106 valence electrons. The fraction of sp³-hybridized carbons (Fsp3) is 0.231.